The maximum atomic E-state index is 11.2. The lowest BCUT2D eigenvalue weighted by Crippen LogP contribution is -2.59. The van der Waals surface area contributed by atoms with Gasteiger partial charge in [0.25, 0.3) is 0 Å². The van der Waals surface area contributed by atoms with E-state index in [2.05, 4.69) is 24.1 Å². The van der Waals surface area contributed by atoms with Gasteiger partial charge in [-0.05, 0) is 69.2 Å². The highest BCUT2D eigenvalue weighted by Gasteiger charge is 2.54. The molecule has 1 aromatic rings. The van der Waals surface area contributed by atoms with Crippen LogP contribution in [0.2, 0.25) is 0 Å². The van der Waals surface area contributed by atoms with Crippen LogP contribution in [0.3, 0.4) is 0 Å². The quantitative estimate of drug-likeness (QED) is 0.730. The van der Waals surface area contributed by atoms with E-state index in [1.54, 1.807) is 12.7 Å². The average Bonchev–Trinajstić information content (AvgIpc) is 2.71. The largest absolute Gasteiger partial charge is 0.504 e. The van der Waals surface area contributed by atoms with Crippen LogP contribution in [0.5, 0.6) is 11.5 Å². The number of hydrogen-bond donors (Lipinski definition) is 1. The summed E-state index contributed by atoms with van der Waals surface area (Å²) in [5, 5.41) is 11.2. The zero-order chi connectivity index (χ0) is 19.3. The summed E-state index contributed by atoms with van der Waals surface area (Å²) in [6, 6.07) is 4.76. The predicted molar refractivity (Wildman–Crippen MR) is 113 cm³/mol. The molecule has 3 heteroatoms. The van der Waals surface area contributed by atoms with Crippen molar-refractivity contribution in [2.45, 2.75) is 75.7 Å². The fourth-order valence-electron chi connectivity index (χ4n) is 7.07. The molecule has 28 heavy (non-hydrogen) atoms. The Morgan fingerprint density at radius 2 is 2.00 bits per heavy atom. The van der Waals surface area contributed by atoms with Crippen LogP contribution in [0.4, 0.5) is 0 Å². The van der Waals surface area contributed by atoms with Crippen molar-refractivity contribution in [3.8, 4) is 11.5 Å². The Hall–Kier alpha value is -1.48. The second-order valence-electron chi connectivity index (χ2n) is 9.85. The summed E-state index contributed by atoms with van der Waals surface area (Å²) in [5.74, 6) is 2.55. The van der Waals surface area contributed by atoms with Gasteiger partial charge in [0.1, 0.15) is 0 Å². The molecule has 5 rings (SSSR count). The van der Waals surface area contributed by atoms with Crippen LogP contribution in [0.1, 0.15) is 68.9 Å². The molecule has 0 unspecified atom stereocenters. The van der Waals surface area contributed by atoms with Crippen LogP contribution < -0.4 is 4.74 Å². The zero-order valence-electron chi connectivity index (χ0n) is 17.5. The van der Waals surface area contributed by atoms with Crippen molar-refractivity contribution in [2.75, 3.05) is 20.7 Å². The van der Waals surface area contributed by atoms with Crippen LogP contribution >= 0.6 is 0 Å². The minimum atomic E-state index is 0.00559. The minimum Gasteiger partial charge on any atom is -0.504 e. The molecule has 3 aliphatic carbocycles. The van der Waals surface area contributed by atoms with Gasteiger partial charge in [-0.1, -0.05) is 49.8 Å². The summed E-state index contributed by atoms with van der Waals surface area (Å²) in [5.41, 5.74) is 4.20. The van der Waals surface area contributed by atoms with Gasteiger partial charge >= 0.3 is 0 Å². The smallest absolute Gasteiger partial charge is 0.162 e. The first-order valence-corrected chi connectivity index (χ1v) is 11.4. The Morgan fingerprint density at radius 1 is 1.18 bits per heavy atom. The van der Waals surface area contributed by atoms with E-state index in [-0.39, 0.29) is 5.41 Å². The Morgan fingerprint density at radius 3 is 2.79 bits per heavy atom. The third-order valence-corrected chi connectivity index (χ3v) is 8.43. The van der Waals surface area contributed by atoms with E-state index in [4.69, 9.17) is 4.74 Å². The van der Waals surface area contributed by atoms with E-state index in [0.717, 1.165) is 25.3 Å². The first kappa shape index (κ1) is 18.5. The number of piperidine rings is 1. The predicted octanol–water partition coefficient (Wildman–Crippen LogP) is 5.21. The first-order chi connectivity index (χ1) is 13.6. The molecule has 1 saturated heterocycles. The number of hydrogen-bond acceptors (Lipinski definition) is 3. The lowest BCUT2D eigenvalue weighted by molar-refractivity contribution is 0.0416. The van der Waals surface area contributed by atoms with Gasteiger partial charge in [-0.3, -0.25) is 0 Å². The fourth-order valence-corrected chi connectivity index (χ4v) is 7.07. The molecule has 1 aliphatic heterocycles. The van der Waals surface area contributed by atoms with E-state index in [9.17, 15) is 5.11 Å². The number of phenols is 1. The molecule has 2 bridgehead atoms. The van der Waals surface area contributed by atoms with E-state index >= 15 is 0 Å². The summed E-state index contributed by atoms with van der Waals surface area (Å²) >= 11 is 0. The minimum absolute atomic E-state index is 0.00559. The molecule has 0 spiro atoms. The van der Waals surface area contributed by atoms with Gasteiger partial charge in [0.05, 0.1) is 7.11 Å². The molecule has 1 saturated carbocycles. The van der Waals surface area contributed by atoms with Crippen molar-refractivity contribution < 1.29 is 9.84 Å². The van der Waals surface area contributed by atoms with Gasteiger partial charge in [0, 0.05) is 17.0 Å². The average molecular weight is 382 g/mol. The highest BCUT2D eigenvalue weighted by atomic mass is 16.5. The molecule has 3 nitrogen and oxygen atoms in total. The van der Waals surface area contributed by atoms with Crippen molar-refractivity contribution >= 4 is 0 Å². The lowest BCUT2D eigenvalue weighted by atomic mass is 9.53. The topological polar surface area (TPSA) is 32.7 Å². The van der Waals surface area contributed by atoms with E-state index in [1.165, 1.54) is 62.5 Å². The number of methoxy groups -OCH3 is 1. The fraction of sp³-hybridized carbons (Fsp3) is 0.680. The number of fused-ring (bicyclic) bond motifs is 1. The highest BCUT2D eigenvalue weighted by Crippen LogP contribution is 2.58. The van der Waals surface area contributed by atoms with E-state index in [1.807, 2.05) is 6.07 Å². The number of aromatic hydroxyl groups is 1. The molecule has 0 amide bonds. The number of benzene rings is 1. The van der Waals surface area contributed by atoms with Gasteiger partial charge in [0.15, 0.2) is 11.5 Å². The summed E-state index contributed by atoms with van der Waals surface area (Å²) in [6.45, 7) is 1.12. The molecule has 3 atom stereocenters. The number of rotatable bonds is 3. The second kappa shape index (κ2) is 7.09. The summed E-state index contributed by atoms with van der Waals surface area (Å²) in [4.78, 5) is 2.58. The molecule has 152 valence electrons. The van der Waals surface area contributed by atoms with Crippen molar-refractivity contribution in [2.24, 2.45) is 11.8 Å². The highest BCUT2D eigenvalue weighted by molar-refractivity contribution is 5.58. The van der Waals surface area contributed by atoms with E-state index < -0.39 is 0 Å². The van der Waals surface area contributed by atoms with Gasteiger partial charge in [-0.2, -0.15) is 0 Å². The summed E-state index contributed by atoms with van der Waals surface area (Å²) < 4.78 is 5.51. The molecule has 1 N–H and O–H groups in total. The van der Waals surface area contributed by atoms with Crippen molar-refractivity contribution in [1.29, 1.82) is 0 Å². The Bertz CT molecular complexity index is 779. The Kier molecular flexibility index (Phi) is 4.70. The van der Waals surface area contributed by atoms with Gasteiger partial charge < -0.3 is 14.7 Å². The summed E-state index contributed by atoms with van der Waals surface area (Å²) in [6.07, 6.45) is 15.7. The SMILES string of the molecule is COc1ccc2c(c1O)[C@@]13C=C(CC4CCCCC4)CC[C@H]1[C@@H](C2)N(C)CC3. The molecule has 4 aliphatic rings. The Labute approximate surface area is 169 Å². The molecule has 0 aromatic heterocycles. The maximum Gasteiger partial charge on any atom is 0.162 e. The van der Waals surface area contributed by atoms with Crippen LogP contribution in [0.15, 0.2) is 23.8 Å². The molecular formula is C25H35NO2. The van der Waals surface area contributed by atoms with Crippen LogP contribution in [-0.4, -0.2) is 36.8 Å². The molecule has 1 heterocycles. The van der Waals surface area contributed by atoms with Crippen molar-refractivity contribution in [3.05, 3.63) is 34.9 Å². The van der Waals surface area contributed by atoms with Gasteiger partial charge in [0.2, 0.25) is 0 Å². The number of phenolic OH excluding ortho intramolecular Hbond substituents is 1. The van der Waals surface area contributed by atoms with Gasteiger partial charge in [-0.25, -0.2) is 0 Å². The Balaban J connectivity index is 1.59. The number of allylic oxidation sites excluding steroid dienone is 2. The third kappa shape index (κ3) is 2.81. The number of likely N-dealkylation sites (N-methyl/N-ethyl adjacent to an activating group) is 1. The van der Waals surface area contributed by atoms with Crippen molar-refractivity contribution in [3.63, 3.8) is 0 Å². The normalized spacial score (nSPS) is 33.0. The van der Waals surface area contributed by atoms with E-state index in [0.29, 0.717) is 23.5 Å². The second-order valence-corrected chi connectivity index (χ2v) is 9.85. The lowest BCUT2D eigenvalue weighted by Gasteiger charge is -2.57. The van der Waals surface area contributed by atoms with Crippen molar-refractivity contribution in [1.82, 2.24) is 4.90 Å². The number of nitrogens with zero attached hydrogens (tertiary/aromatic N) is 1. The molecular weight excluding hydrogens is 346 g/mol. The monoisotopic (exact) mass is 381 g/mol. The molecule has 0 radical (unpaired) electrons. The molecule has 2 fully saturated rings. The zero-order valence-corrected chi connectivity index (χ0v) is 17.5. The summed E-state index contributed by atoms with van der Waals surface area (Å²) in [7, 11) is 3.96. The van der Waals surface area contributed by atoms with Crippen LogP contribution in [0.25, 0.3) is 0 Å². The number of likely N-dealkylation sites (tertiary alicyclic amines) is 1. The molecule has 1 aromatic carbocycles. The standard InChI is InChI=1S/C25H35NO2/c1-26-13-12-25-16-18(14-17-6-4-3-5-7-17)8-10-20(25)21(26)15-19-9-11-22(28-2)24(27)23(19)25/h9,11,16-17,20-21,27H,3-8,10,12-15H2,1-2H3/t20-,21+,25-/m0/s1. The third-order valence-electron chi connectivity index (χ3n) is 8.43. The maximum absolute atomic E-state index is 11.2. The first-order valence-electron chi connectivity index (χ1n) is 11.4. The number of ether oxygens (including phenoxy) is 1. The van der Waals surface area contributed by atoms with Gasteiger partial charge in [-0.15, -0.1) is 0 Å². The van der Waals surface area contributed by atoms with Crippen LogP contribution in [-0.2, 0) is 11.8 Å². The van der Waals surface area contributed by atoms with Crippen LogP contribution in [0, 0.1) is 11.8 Å².